The van der Waals surface area contributed by atoms with Crippen LogP contribution in [0.2, 0.25) is 5.15 Å². The molecule has 0 aliphatic carbocycles. The number of halogens is 1. The quantitative estimate of drug-likeness (QED) is 0.559. The summed E-state index contributed by atoms with van der Waals surface area (Å²) in [4.78, 5) is 7.38. The normalized spacial score (nSPS) is 12.9. The van der Waals surface area contributed by atoms with Crippen LogP contribution in [0.4, 0.5) is 0 Å². The first-order chi connectivity index (χ1) is 8.17. The lowest BCUT2D eigenvalue weighted by Crippen LogP contribution is -2.29. The maximum absolute atomic E-state index is 9.16. The number of aromatic nitrogens is 2. The van der Waals surface area contributed by atoms with Gasteiger partial charge in [0.1, 0.15) is 5.82 Å². The lowest BCUT2D eigenvalue weighted by molar-refractivity contribution is 0.0941. The zero-order chi connectivity index (χ0) is 12.7. The second-order valence-electron chi connectivity index (χ2n) is 4.02. The van der Waals surface area contributed by atoms with E-state index < -0.39 is 6.10 Å². The number of aryl methyl sites for hydroxylation is 1. The Morgan fingerprint density at radius 1 is 1.53 bits per heavy atom. The van der Waals surface area contributed by atoms with Crippen molar-refractivity contribution >= 4 is 11.6 Å². The van der Waals surface area contributed by atoms with Gasteiger partial charge in [0.25, 0.3) is 0 Å². The third kappa shape index (κ3) is 5.04. The summed E-state index contributed by atoms with van der Waals surface area (Å²) < 4.78 is 0. The molecule has 1 atom stereocenters. The van der Waals surface area contributed by atoms with E-state index in [1.54, 1.807) is 0 Å². The topological polar surface area (TPSA) is 81.2 Å². The average Bonchev–Trinajstić information content (AvgIpc) is 2.67. The molecule has 1 heterocycles. The van der Waals surface area contributed by atoms with Gasteiger partial charge in [-0.25, -0.2) is 4.98 Å². The second kappa shape index (κ2) is 7.66. The first kappa shape index (κ1) is 14.4. The van der Waals surface area contributed by atoms with Gasteiger partial charge in [-0.15, -0.1) is 0 Å². The van der Waals surface area contributed by atoms with Crippen molar-refractivity contribution in [3.8, 4) is 0 Å². The minimum atomic E-state index is -0.740. The first-order valence-electron chi connectivity index (χ1n) is 5.90. The summed E-state index contributed by atoms with van der Waals surface area (Å²) in [6, 6.07) is 0. The van der Waals surface area contributed by atoms with E-state index in [1.807, 2.05) is 0 Å². The number of H-pyrrole nitrogens is 1. The third-order valence-electron chi connectivity index (χ3n) is 2.44. The fourth-order valence-corrected chi connectivity index (χ4v) is 1.66. The van der Waals surface area contributed by atoms with Gasteiger partial charge in [0.05, 0.1) is 18.4 Å². The smallest absolute Gasteiger partial charge is 0.151 e. The Morgan fingerprint density at radius 3 is 2.94 bits per heavy atom. The van der Waals surface area contributed by atoms with Crippen molar-refractivity contribution in [2.24, 2.45) is 0 Å². The molecule has 1 rings (SSSR count). The molecule has 0 bridgehead atoms. The van der Waals surface area contributed by atoms with Crippen LogP contribution in [-0.4, -0.2) is 39.4 Å². The maximum Gasteiger partial charge on any atom is 0.151 e. The molecule has 0 amide bonds. The van der Waals surface area contributed by atoms with Gasteiger partial charge in [0.2, 0.25) is 0 Å². The van der Waals surface area contributed by atoms with Crippen molar-refractivity contribution in [1.82, 2.24) is 15.3 Å². The molecule has 4 N–H and O–H groups in total. The Bertz CT molecular complexity index is 331. The average molecular weight is 262 g/mol. The highest BCUT2D eigenvalue weighted by Crippen LogP contribution is 2.13. The second-order valence-corrected chi connectivity index (χ2v) is 4.38. The zero-order valence-corrected chi connectivity index (χ0v) is 10.8. The number of hydrogen-bond donors (Lipinski definition) is 4. The first-order valence-corrected chi connectivity index (χ1v) is 6.28. The molecule has 0 aliphatic rings. The van der Waals surface area contributed by atoms with Crippen LogP contribution in [0.3, 0.4) is 0 Å². The highest BCUT2D eigenvalue weighted by Gasteiger charge is 2.08. The van der Waals surface area contributed by atoms with Gasteiger partial charge in [-0.1, -0.05) is 24.9 Å². The molecule has 1 unspecified atom stereocenters. The molecule has 0 saturated carbocycles. The van der Waals surface area contributed by atoms with Crippen molar-refractivity contribution < 1.29 is 10.2 Å². The summed E-state index contributed by atoms with van der Waals surface area (Å²) in [6.45, 7) is 2.72. The molecule has 1 aromatic heterocycles. The van der Waals surface area contributed by atoms with Gasteiger partial charge < -0.3 is 20.5 Å². The van der Waals surface area contributed by atoms with Crippen molar-refractivity contribution in [3.05, 3.63) is 16.7 Å². The molecular formula is C11H20ClN3O2. The Labute approximate surface area is 106 Å². The Morgan fingerprint density at radius 2 is 2.29 bits per heavy atom. The summed E-state index contributed by atoms with van der Waals surface area (Å²) in [5.41, 5.74) is 0.822. The number of imidazole rings is 1. The summed E-state index contributed by atoms with van der Waals surface area (Å²) in [7, 11) is 0. The van der Waals surface area contributed by atoms with Crippen LogP contribution < -0.4 is 5.32 Å². The fraction of sp³-hybridized carbons (Fsp3) is 0.727. The van der Waals surface area contributed by atoms with Gasteiger partial charge in [-0.3, -0.25) is 0 Å². The van der Waals surface area contributed by atoms with E-state index in [-0.39, 0.29) is 6.61 Å². The molecule has 0 spiro atoms. The van der Waals surface area contributed by atoms with E-state index >= 15 is 0 Å². The minimum Gasteiger partial charge on any atom is -0.394 e. The monoisotopic (exact) mass is 261 g/mol. The molecule has 17 heavy (non-hydrogen) atoms. The summed E-state index contributed by atoms with van der Waals surface area (Å²) >= 11 is 5.98. The number of aromatic amines is 1. The number of unbranched alkanes of at least 4 members (excludes halogenated alkanes) is 1. The van der Waals surface area contributed by atoms with E-state index in [9.17, 15) is 0 Å². The minimum absolute atomic E-state index is 0.245. The number of nitrogens with one attached hydrogen (secondary N) is 2. The van der Waals surface area contributed by atoms with Crippen molar-refractivity contribution in [1.29, 1.82) is 0 Å². The van der Waals surface area contributed by atoms with Crippen LogP contribution in [-0.2, 0) is 13.0 Å². The van der Waals surface area contributed by atoms with Crippen molar-refractivity contribution in [2.75, 3.05) is 13.2 Å². The SMILES string of the molecule is CCCCc1nc(Cl)c(CNCC(O)CO)[nH]1. The largest absolute Gasteiger partial charge is 0.394 e. The molecule has 5 nitrogen and oxygen atoms in total. The third-order valence-corrected chi connectivity index (χ3v) is 2.75. The van der Waals surface area contributed by atoms with Crippen molar-refractivity contribution in [2.45, 2.75) is 38.8 Å². The molecule has 98 valence electrons. The van der Waals surface area contributed by atoms with Crippen LogP contribution in [0.25, 0.3) is 0 Å². The van der Waals surface area contributed by atoms with Crippen LogP contribution in [0, 0.1) is 0 Å². The van der Waals surface area contributed by atoms with E-state index in [0.717, 1.165) is 30.8 Å². The van der Waals surface area contributed by atoms with Gasteiger partial charge in [0, 0.05) is 19.5 Å². The molecule has 0 aromatic carbocycles. The number of aliphatic hydroxyl groups is 2. The molecule has 0 aliphatic heterocycles. The molecule has 0 saturated heterocycles. The number of nitrogens with zero attached hydrogens (tertiary/aromatic N) is 1. The van der Waals surface area contributed by atoms with Crippen LogP contribution in [0.15, 0.2) is 0 Å². The summed E-state index contributed by atoms with van der Waals surface area (Å²) in [5, 5.41) is 21.3. The fourth-order valence-electron chi connectivity index (χ4n) is 1.45. The zero-order valence-electron chi connectivity index (χ0n) is 10.0. The molecule has 0 radical (unpaired) electrons. The lowest BCUT2D eigenvalue weighted by Gasteiger charge is -2.07. The van der Waals surface area contributed by atoms with Gasteiger partial charge in [-0.05, 0) is 6.42 Å². The lowest BCUT2D eigenvalue weighted by atomic mass is 10.2. The summed E-state index contributed by atoms with van der Waals surface area (Å²) in [6.07, 6.45) is 2.36. The van der Waals surface area contributed by atoms with Crippen LogP contribution in [0.1, 0.15) is 31.3 Å². The van der Waals surface area contributed by atoms with Gasteiger partial charge >= 0.3 is 0 Å². The number of aliphatic hydroxyl groups excluding tert-OH is 2. The van der Waals surface area contributed by atoms with E-state index in [4.69, 9.17) is 21.8 Å². The Hall–Kier alpha value is -0.620. The predicted octanol–water partition coefficient (Wildman–Crippen LogP) is 0.848. The van der Waals surface area contributed by atoms with E-state index in [1.165, 1.54) is 0 Å². The Balaban J connectivity index is 2.39. The summed E-state index contributed by atoms with van der Waals surface area (Å²) in [5.74, 6) is 0.899. The van der Waals surface area contributed by atoms with Gasteiger partial charge in [-0.2, -0.15) is 0 Å². The van der Waals surface area contributed by atoms with Crippen LogP contribution >= 0.6 is 11.6 Å². The molecule has 1 aromatic rings. The number of hydrogen-bond acceptors (Lipinski definition) is 4. The Kier molecular flexibility index (Phi) is 6.50. The molecular weight excluding hydrogens is 242 g/mol. The predicted molar refractivity (Wildman–Crippen MR) is 67.0 cm³/mol. The molecule has 0 fully saturated rings. The highest BCUT2D eigenvalue weighted by atomic mass is 35.5. The molecule has 6 heteroatoms. The van der Waals surface area contributed by atoms with Crippen LogP contribution in [0.5, 0.6) is 0 Å². The standard InChI is InChI=1S/C11H20ClN3O2/c1-2-3-4-10-14-9(11(12)15-10)6-13-5-8(17)7-16/h8,13,16-17H,2-7H2,1H3,(H,14,15). The maximum atomic E-state index is 9.16. The highest BCUT2D eigenvalue weighted by molar-refractivity contribution is 6.30. The number of rotatable bonds is 8. The van der Waals surface area contributed by atoms with E-state index in [0.29, 0.717) is 18.2 Å². The van der Waals surface area contributed by atoms with Gasteiger partial charge in [0.15, 0.2) is 5.15 Å². The van der Waals surface area contributed by atoms with E-state index in [2.05, 4.69) is 22.2 Å². The van der Waals surface area contributed by atoms with Crippen molar-refractivity contribution in [3.63, 3.8) is 0 Å².